The van der Waals surface area contributed by atoms with Crippen LogP contribution < -0.4 is 0 Å². The van der Waals surface area contributed by atoms with Crippen molar-refractivity contribution in [3.63, 3.8) is 0 Å². The van der Waals surface area contributed by atoms with Crippen molar-refractivity contribution < 1.29 is 8.78 Å². The van der Waals surface area contributed by atoms with Crippen molar-refractivity contribution >= 4 is 39.1 Å². The van der Waals surface area contributed by atoms with Gasteiger partial charge in [0.25, 0.3) is 0 Å². The Morgan fingerprint density at radius 3 is 2.42 bits per heavy atom. The number of allylic oxidation sites excluding steroid dienone is 1. The number of rotatable bonds is 5. The van der Waals surface area contributed by atoms with Crippen LogP contribution in [0, 0.1) is 11.6 Å². The molecule has 0 saturated heterocycles. The minimum atomic E-state index is -0.335. The first kappa shape index (κ1) is 18.5. The molecule has 0 aromatic heterocycles. The maximum Gasteiger partial charge on any atom is 0.132 e. The first-order chi connectivity index (χ1) is 12.6. The Morgan fingerprint density at radius 1 is 0.923 bits per heavy atom. The third-order valence-corrected chi connectivity index (χ3v) is 4.76. The molecule has 0 spiro atoms. The molecule has 5 heteroatoms. The highest BCUT2D eigenvalue weighted by Gasteiger charge is 2.07. The summed E-state index contributed by atoms with van der Waals surface area (Å²) in [5, 5.41) is 1.82. The molecule has 0 unspecified atom stereocenters. The van der Waals surface area contributed by atoms with Crippen molar-refractivity contribution in [2.75, 3.05) is 0 Å². The van der Waals surface area contributed by atoms with Crippen molar-refractivity contribution in [3.05, 3.63) is 106 Å². The van der Waals surface area contributed by atoms with Crippen LogP contribution >= 0.6 is 27.7 Å². The Kier molecular flexibility index (Phi) is 6.36. The lowest BCUT2D eigenvalue weighted by atomic mass is 10.1. The van der Waals surface area contributed by atoms with E-state index < -0.39 is 0 Å². The Bertz CT molecular complexity index is 952. The fourth-order valence-electron chi connectivity index (χ4n) is 2.23. The van der Waals surface area contributed by atoms with E-state index >= 15 is 0 Å². The monoisotopic (exact) mass is 429 g/mol. The fraction of sp³-hybridized carbons (Fsp3) is 0. The smallest absolute Gasteiger partial charge is 0.132 e. The second-order valence-corrected chi connectivity index (χ2v) is 7.23. The molecule has 0 amide bonds. The molecule has 0 fully saturated rings. The standard InChI is InChI=1S/C21H14BrF2NS/c22-15-4-3-5-17(14-15)25-21(19-6-1-2-7-20(19)24)12-13-26-18-10-8-16(23)9-11-18/h1-14H/b13-12+,25-21-. The van der Waals surface area contributed by atoms with E-state index in [1.54, 1.807) is 36.4 Å². The zero-order valence-corrected chi connectivity index (χ0v) is 16.0. The van der Waals surface area contributed by atoms with Gasteiger partial charge in [0.05, 0.1) is 11.4 Å². The summed E-state index contributed by atoms with van der Waals surface area (Å²) in [6.45, 7) is 0. The molecule has 130 valence electrons. The van der Waals surface area contributed by atoms with E-state index in [0.29, 0.717) is 17.0 Å². The van der Waals surface area contributed by atoms with E-state index in [9.17, 15) is 8.78 Å². The predicted octanol–water partition coefficient (Wildman–Crippen LogP) is 7.15. The molecule has 0 aliphatic heterocycles. The molecule has 0 aliphatic carbocycles. The molecule has 0 bridgehead atoms. The molecule has 3 aromatic carbocycles. The van der Waals surface area contributed by atoms with E-state index in [4.69, 9.17) is 0 Å². The zero-order valence-electron chi connectivity index (χ0n) is 13.6. The van der Waals surface area contributed by atoms with Crippen LogP contribution in [-0.4, -0.2) is 5.71 Å². The van der Waals surface area contributed by atoms with Gasteiger partial charge in [-0.2, -0.15) is 0 Å². The Labute approximate surface area is 163 Å². The van der Waals surface area contributed by atoms with E-state index in [0.717, 1.165) is 9.37 Å². The van der Waals surface area contributed by atoms with Crippen LogP contribution in [0.25, 0.3) is 0 Å². The third kappa shape index (κ3) is 5.13. The number of aliphatic imine (C=N–C) groups is 1. The van der Waals surface area contributed by atoms with Gasteiger partial charge in [-0.15, -0.1) is 0 Å². The summed E-state index contributed by atoms with van der Waals surface area (Å²) < 4.78 is 28.1. The van der Waals surface area contributed by atoms with Gasteiger partial charge in [0.1, 0.15) is 11.6 Å². The summed E-state index contributed by atoms with van der Waals surface area (Å²) in [6.07, 6.45) is 1.76. The number of benzene rings is 3. The van der Waals surface area contributed by atoms with Gasteiger partial charge in [0.2, 0.25) is 0 Å². The average molecular weight is 430 g/mol. The SMILES string of the molecule is Fc1ccc(S/C=C/C(=N/c2cccc(Br)c2)c2ccccc2F)cc1. The van der Waals surface area contributed by atoms with E-state index in [2.05, 4.69) is 20.9 Å². The van der Waals surface area contributed by atoms with Gasteiger partial charge in [-0.25, -0.2) is 13.8 Å². The molecule has 0 saturated carbocycles. The highest BCUT2D eigenvalue weighted by molar-refractivity contribution is 9.10. The van der Waals surface area contributed by atoms with Crippen LogP contribution in [0.5, 0.6) is 0 Å². The number of hydrogen-bond donors (Lipinski definition) is 0. The maximum atomic E-state index is 14.2. The topological polar surface area (TPSA) is 12.4 Å². The predicted molar refractivity (Wildman–Crippen MR) is 108 cm³/mol. The number of nitrogens with zero attached hydrogens (tertiary/aromatic N) is 1. The second kappa shape index (κ2) is 8.92. The largest absolute Gasteiger partial charge is 0.248 e. The fourth-order valence-corrected chi connectivity index (χ4v) is 3.27. The summed E-state index contributed by atoms with van der Waals surface area (Å²) in [5.41, 5.74) is 1.65. The summed E-state index contributed by atoms with van der Waals surface area (Å²) in [5.74, 6) is -0.612. The lowest BCUT2D eigenvalue weighted by Crippen LogP contribution is -1.99. The van der Waals surface area contributed by atoms with Gasteiger partial charge in [-0.1, -0.05) is 45.9 Å². The van der Waals surface area contributed by atoms with E-state index in [1.165, 1.54) is 30.0 Å². The molecule has 26 heavy (non-hydrogen) atoms. The highest BCUT2D eigenvalue weighted by Crippen LogP contribution is 2.23. The molecular formula is C21H14BrF2NS. The van der Waals surface area contributed by atoms with Crippen molar-refractivity contribution in [2.24, 2.45) is 4.99 Å². The normalized spacial score (nSPS) is 11.9. The van der Waals surface area contributed by atoms with E-state index in [1.807, 2.05) is 29.7 Å². The minimum Gasteiger partial charge on any atom is -0.248 e. The lowest BCUT2D eigenvalue weighted by Gasteiger charge is -2.05. The molecule has 0 aliphatic rings. The highest BCUT2D eigenvalue weighted by atomic mass is 79.9. The number of hydrogen-bond acceptors (Lipinski definition) is 2. The average Bonchev–Trinajstić information content (AvgIpc) is 2.63. The third-order valence-electron chi connectivity index (χ3n) is 3.45. The summed E-state index contributed by atoms with van der Waals surface area (Å²) in [4.78, 5) is 5.47. The van der Waals surface area contributed by atoms with Gasteiger partial charge < -0.3 is 0 Å². The van der Waals surface area contributed by atoms with Gasteiger partial charge in [-0.05, 0) is 66.1 Å². The van der Waals surface area contributed by atoms with Gasteiger partial charge in [0, 0.05) is 14.9 Å². The van der Waals surface area contributed by atoms with Crippen molar-refractivity contribution in [1.82, 2.24) is 0 Å². The molecule has 3 rings (SSSR count). The Morgan fingerprint density at radius 2 is 1.69 bits per heavy atom. The molecular weight excluding hydrogens is 416 g/mol. The van der Waals surface area contributed by atoms with Crippen molar-refractivity contribution in [2.45, 2.75) is 4.90 Å². The van der Waals surface area contributed by atoms with Crippen LogP contribution in [0.2, 0.25) is 0 Å². The first-order valence-electron chi connectivity index (χ1n) is 7.80. The van der Waals surface area contributed by atoms with Gasteiger partial charge in [-0.3, -0.25) is 0 Å². The quantitative estimate of drug-likeness (QED) is 0.309. The molecule has 0 radical (unpaired) electrons. The van der Waals surface area contributed by atoms with Gasteiger partial charge in [0.15, 0.2) is 0 Å². The Hall–Kier alpha value is -2.24. The van der Waals surface area contributed by atoms with Crippen molar-refractivity contribution in [3.8, 4) is 0 Å². The Balaban J connectivity index is 1.91. The number of halogens is 3. The molecule has 1 nitrogen and oxygen atoms in total. The second-order valence-electron chi connectivity index (χ2n) is 5.33. The first-order valence-corrected chi connectivity index (χ1v) is 9.47. The maximum absolute atomic E-state index is 14.2. The lowest BCUT2D eigenvalue weighted by molar-refractivity contribution is 0.625. The van der Waals surface area contributed by atoms with E-state index in [-0.39, 0.29) is 11.6 Å². The van der Waals surface area contributed by atoms with Crippen LogP contribution in [0.4, 0.5) is 14.5 Å². The van der Waals surface area contributed by atoms with Crippen LogP contribution in [0.1, 0.15) is 5.56 Å². The number of thioether (sulfide) groups is 1. The van der Waals surface area contributed by atoms with Crippen molar-refractivity contribution in [1.29, 1.82) is 0 Å². The summed E-state index contributed by atoms with van der Waals surface area (Å²) in [6, 6.07) is 20.2. The molecule has 0 N–H and O–H groups in total. The van der Waals surface area contributed by atoms with Crippen LogP contribution in [-0.2, 0) is 0 Å². The van der Waals surface area contributed by atoms with Gasteiger partial charge >= 0.3 is 0 Å². The minimum absolute atomic E-state index is 0.276. The molecule has 3 aromatic rings. The van der Waals surface area contributed by atoms with Crippen LogP contribution in [0.15, 0.2) is 98.6 Å². The van der Waals surface area contributed by atoms with Crippen LogP contribution in [0.3, 0.4) is 0 Å². The molecule has 0 atom stereocenters. The zero-order chi connectivity index (χ0) is 18.4. The summed E-state index contributed by atoms with van der Waals surface area (Å²) >= 11 is 4.83. The summed E-state index contributed by atoms with van der Waals surface area (Å²) in [7, 11) is 0. The molecule has 0 heterocycles.